The van der Waals surface area contributed by atoms with Crippen molar-refractivity contribution in [1.82, 2.24) is 0 Å². The van der Waals surface area contributed by atoms with E-state index in [9.17, 15) is 9.59 Å². The van der Waals surface area contributed by atoms with Gasteiger partial charge in [0.25, 0.3) is 0 Å². The fourth-order valence-electron chi connectivity index (χ4n) is 3.49. The van der Waals surface area contributed by atoms with Gasteiger partial charge in [0.05, 0.1) is 18.0 Å². The second-order valence-electron chi connectivity index (χ2n) is 6.96. The smallest absolute Gasteiger partial charge is 0.344 e. The Morgan fingerprint density at radius 1 is 0.968 bits per heavy atom. The monoisotopic (exact) mass is 414 g/mol. The molecule has 4 rings (SSSR count). The minimum Gasteiger partial charge on any atom is -0.482 e. The quantitative estimate of drug-likeness (QED) is 0.457. The summed E-state index contributed by atoms with van der Waals surface area (Å²) in [5.74, 6) is -0.476. The Balaban J connectivity index is 1.64. The first-order valence-corrected chi connectivity index (χ1v) is 10.1. The van der Waals surface area contributed by atoms with Crippen molar-refractivity contribution in [2.75, 3.05) is 18.5 Å². The van der Waals surface area contributed by atoms with Crippen molar-refractivity contribution in [3.05, 3.63) is 90.0 Å². The first kappa shape index (κ1) is 20.3. The first-order chi connectivity index (χ1) is 15.2. The van der Waals surface area contributed by atoms with Crippen LogP contribution in [0.4, 0.5) is 11.4 Å². The number of ether oxygens (including phenoxy) is 2. The van der Waals surface area contributed by atoms with Gasteiger partial charge in [0, 0.05) is 5.69 Å². The number of hydrogen-bond donors (Lipinski definition) is 1. The lowest BCUT2D eigenvalue weighted by Gasteiger charge is -2.14. The van der Waals surface area contributed by atoms with Gasteiger partial charge in [0.15, 0.2) is 6.61 Å². The Morgan fingerprint density at radius 2 is 1.68 bits per heavy atom. The summed E-state index contributed by atoms with van der Waals surface area (Å²) in [4.78, 5) is 29.1. The molecule has 1 atom stereocenters. The van der Waals surface area contributed by atoms with Crippen molar-refractivity contribution in [2.45, 2.75) is 12.8 Å². The van der Waals surface area contributed by atoms with Crippen LogP contribution in [0.15, 0.2) is 83.9 Å². The van der Waals surface area contributed by atoms with E-state index in [4.69, 9.17) is 14.5 Å². The summed E-state index contributed by atoms with van der Waals surface area (Å²) in [6, 6.07) is 24.4. The Kier molecular flexibility index (Phi) is 6.08. The molecular weight excluding hydrogens is 392 g/mol. The van der Waals surface area contributed by atoms with Crippen LogP contribution in [0.5, 0.6) is 5.75 Å². The maximum atomic E-state index is 12.8. The average molecular weight is 414 g/mol. The van der Waals surface area contributed by atoms with Crippen LogP contribution in [0, 0.1) is 0 Å². The van der Waals surface area contributed by atoms with Crippen LogP contribution < -0.4 is 10.1 Å². The van der Waals surface area contributed by atoms with Crippen molar-refractivity contribution in [1.29, 1.82) is 0 Å². The molecule has 1 amide bonds. The van der Waals surface area contributed by atoms with Gasteiger partial charge in [0.2, 0.25) is 5.91 Å². The summed E-state index contributed by atoms with van der Waals surface area (Å²) in [5, 5.41) is 2.95. The lowest BCUT2D eigenvalue weighted by molar-refractivity contribution is -0.145. The topological polar surface area (TPSA) is 77.0 Å². The average Bonchev–Trinajstić information content (AvgIpc) is 3.13. The number of hydrogen-bond acceptors (Lipinski definition) is 5. The number of nitrogens with zero attached hydrogens (tertiary/aromatic N) is 1. The number of carbonyl (C=O) groups is 2. The highest BCUT2D eigenvalue weighted by molar-refractivity contribution is 6.24. The number of esters is 1. The number of fused-ring (bicyclic) bond motifs is 1. The second kappa shape index (κ2) is 9.26. The molecular formula is C25H22N2O4. The number of benzene rings is 3. The molecule has 1 heterocycles. The van der Waals surface area contributed by atoms with Crippen LogP contribution in [0.3, 0.4) is 0 Å². The fraction of sp³-hybridized carbons (Fsp3) is 0.160. The van der Waals surface area contributed by atoms with E-state index in [1.54, 1.807) is 31.2 Å². The predicted octanol–water partition coefficient (Wildman–Crippen LogP) is 4.49. The van der Waals surface area contributed by atoms with Crippen LogP contribution in [0.25, 0.3) is 0 Å². The zero-order chi connectivity index (χ0) is 21.6. The normalized spacial score (nSPS) is 15.2. The van der Waals surface area contributed by atoms with Crippen LogP contribution in [0.1, 0.15) is 24.0 Å². The van der Waals surface area contributed by atoms with Gasteiger partial charge in [-0.2, -0.15) is 0 Å². The van der Waals surface area contributed by atoms with Crippen LogP contribution in [-0.4, -0.2) is 30.8 Å². The van der Waals surface area contributed by atoms with Gasteiger partial charge < -0.3 is 14.8 Å². The summed E-state index contributed by atoms with van der Waals surface area (Å²) in [5.41, 5.74) is 3.94. The van der Waals surface area contributed by atoms with E-state index in [1.165, 1.54) is 0 Å². The zero-order valence-electron chi connectivity index (χ0n) is 17.1. The van der Waals surface area contributed by atoms with E-state index in [1.807, 2.05) is 54.6 Å². The zero-order valence-corrected chi connectivity index (χ0v) is 17.1. The maximum Gasteiger partial charge on any atom is 0.344 e. The number of aliphatic imine (C=N–C) groups is 1. The summed E-state index contributed by atoms with van der Waals surface area (Å²) in [6.07, 6.45) is 0. The Bertz CT molecular complexity index is 1110. The highest BCUT2D eigenvalue weighted by atomic mass is 16.6. The van der Waals surface area contributed by atoms with E-state index < -0.39 is 11.9 Å². The van der Waals surface area contributed by atoms with E-state index in [0.717, 1.165) is 16.8 Å². The SMILES string of the molecule is CCOC(=O)COc1ccc(N=C(c2ccccc2)C2C(=O)Nc3ccccc32)cc1. The van der Waals surface area contributed by atoms with Gasteiger partial charge >= 0.3 is 5.97 Å². The number of amides is 1. The first-order valence-electron chi connectivity index (χ1n) is 10.1. The molecule has 6 nitrogen and oxygen atoms in total. The number of rotatable bonds is 7. The second-order valence-corrected chi connectivity index (χ2v) is 6.96. The van der Waals surface area contributed by atoms with E-state index >= 15 is 0 Å². The number of anilines is 1. The molecule has 0 saturated heterocycles. The van der Waals surface area contributed by atoms with Gasteiger partial charge in [-0.1, -0.05) is 48.5 Å². The third-order valence-electron chi connectivity index (χ3n) is 4.88. The van der Waals surface area contributed by atoms with Gasteiger partial charge in [-0.05, 0) is 48.4 Å². The Morgan fingerprint density at radius 3 is 2.42 bits per heavy atom. The minimum absolute atomic E-state index is 0.0989. The predicted molar refractivity (Wildman–Crippen MR) is 119 cm³/mol. The van der Waals surface area contributed by atoms with Gasteiger partial charge in [0.1, 0.15) is 11.7 Å². The van der Waals surface area contributed by atoms with Crippen molar-refractivity contribution < 1.29 is 19.1 Å². The summed E-state index contributed by atoms with van der Waals surface area (Å²) in [6.45, 7) is 1.92. The molecule has 1 aliphatic heterocycles. The molecule has 0 saturated carbocycles. The Hall–Kier alpha value is -3.93. The van der Waals surface area contributed by atoms with E-state index in [0.29, 0.717) is 23.8 Å². The number of nitrogens with one attached hydrogen (secondary N) is 1. The molecule has 1 unspecified atom stereocenters. The molecule has 1 N–H and O–H groups in total. The molecule has 0 spiro atoms. The number of carbonyl (C=O) groups excluding carboxylic acids is 2. The van der Waals surface area contributed by atoms with Gasteiger partial charge in [-0.3, -0.25) is 9.79 Å². The highest BCUT2D eigenvalue weighted by Gasteiger charge is 2.35. The van der Waals surface area contributed by atoms with Crippen molar-refractivity contribution in [2.24, 2.45) is 4.99 Å². The third-order valence-corrected chi connectivity index (χ3v) is 4.88. The maximum absolute atomic E-state index is 12.8. The molecule has 0 bridgehead atoms. The third kappa shape index (κ3) is 4.64. The van der Waals surface area contributed by atoms with Gasteiger partial charge in [-0.15, -0.1) is 0 Å². The summed E-state index contributed by atoms with van der Waals surface area (Å²) >= 11 is 0. The molecule has 3 aromatic carbocycles. The standard InChI is InChI=1S/C25H22N2O4/c1-2-30-22(28)16-31-19-14-12-18(13-15-19)26-24(17-8-4-3-5-9-17)23-20-10-6-7-11-21(20)27-25(23)29/h3-15,23H,2,16H2,1H3,(H,27,29). The van der Waals surface area contributed by atoms with Crippen LogP contribution in [-0.2, 0) is 14.3 Å². The Labute approximate surface area is 180 Å². The largest absolute Gasteiger partial charge is 0.482 e. The molecule has 156 valence electrons. The van der Waals surface area contributed by atoms with Gasteiger partial charge in [-0.25, -0.2) is 4.79 Å². The van der Waals surface area contributed by atoms with Crippen LogP contribution >= 0.6 is 0 Å². The summed E-state index contributed by atoms with van der Waals surface area (Å²) in [7, 11) is 0. The molecule has 6 heteroatoms. The summed E-state index contributed by atoms with van der Waals surface area (Å²) < 4.78 is 10.3. The highest BCUT2D eigenvalue weighted by Crippen LogP contribution is 2.36. The molecule has 0 radical (unpaired) electrons. The minimum atomic E-state index is -0.502. The lowest BCUT2D eigenvalue weighted by atomic mass is 9.90. The van der Waals surface area contributed by atoms with Crippen molar-refractivity contribution >= 4 is 29.0 Å². The molecule has 3 aromatic rings. The van der Waals surface area contributed by atoms with E-state index in [-0.39, 0.29) is 12.5 Å². The molecule has 0 fully saturated rings. The lowest BCUT2D eigenvalue weighted by Crippen LogP contribution is -2.21. The fourth-order valence-corrected chi connectivity index (χ4v) is 3.49. The molecule has 0 aromatic heterocycles. The number of para-hydroxylation sites is 1. The van der Waals surface area contributed by atoms with E-state index in [2.05, 4.69) is 5.32 Å². The molecule has 31 heavy (non-hydrogen) atoms. The molecule has 1 aliphatic rings. The van der Waals surface area contributed by atoms with Crippen molar-refractivity contribution in [3.63, 3.8) is 0 Å². The van der Waals surface area contributed by atoms with Crippen molar-refractivity contribution in [3.8, 4) is 5.75 Å². The molecule has 0 aliphatic carbocycles. The van der Waals surface area contributed by atoms with Crippen LogP contribution in [0.2, 0.25) is 0 Å².